The highest BCUT2D eigenvalue weighted by atomic mass is 16.8. The van der Waals surface area contributed by atoms with Gasteiger partial charge in [-0.25, -0.2) is 0 Å². The summed E-state index contributed by atoms with van der Waals surface area (Å²) in [7, 11) is 0. The minimum absolute atomic E-state index is 0.133. The summed E-state index contributed by atoms with van der Waals surface area (Å²) in [5.41, 5.74) is 6.81. The number of nitrogens with one attached hydrogen (secondary N) is 1. The van der Waals surface area contributed by atoms with Crippen LogP contribution in [-0.4, -0.2) is 42.5 Å². The normalized spacial score (nSPS) is 25.6. The molecular weight excluding hydrogens is 522 g/mol. The van der Waals surface area contributed by atoms with Gasteiger partial charge in [0.15, 0.2) is 11.6 Å². The zero-order chi connectivity index (χ0) is 29.0. The molecule has 2 fully saturated rings. The predicted octanol–water partition coefficient (Wildman–Crippen LogP) is 6.83. The van der Waals surface area contributed by atoms with E-state index in [2.05, 4.69) is 115 Å². The minimum Gasteiger partial charge on any atom is -0.348 e. The molecular formula is C37H39NO4. The van der Waals surface area contributed by atoms with Gasteiger partial charge in [0, 0.05) is 6.04 Å². The Bertz CT molecular complexity index is 1510. The maximum Gasteiger partial charge on any atom is 0.163 e. The summed E-state index contributed by atoms with van der Waals surface area (Å²) in [4.78, 5) is 0. The van der Waals surface area contributed by atoms with Crippen molar-refractivity contribution in [3.05, 3.63) is 131 Å². The summed E-state index contributed by atoms with van der Waals surface area (Å²) in [6.45, 7) is 8.36. The summed E-state index contributed by atoms with van der Waals surface area (Å²) >= 11 is 0. The molecule has 5 heteroatoms. The van der Waals surface area contributed by atoms with E-state index in [-0.39, 0.29) is 24.4 Å². The van der Waals surface area contributed by atoms with Crippen LogP contribution in [0.5, 0.6) is 0 Å². The first-order valence-corrected chi connectivity index (χ1v) is 15.0. The van der Waals surface area contributed by atoms with Crippen molar-refractivity contribution < 1.29 is 18.9 Å². The van der Waals surface area contributed by atoms with Gasteiger partial charge < -0.3 is 18.9 Å². The minimum atomic E-state index is -0.770. The fourth-order valence-electron chi connectivity index (χ4n) is 7.16. The predicted molar refractivity (Wildman–Crippen MR) is 164 cm³/mol. The van der Waals surface area contributed by atoms with Crippen molar-refractivity contribution >= 4 is 0 Å². The average Bonchev–Trinajstić information content (AvgIpc) is 3.63. The molecule has 0 spiro atoms. The van der Waals surface area contributed by atoms with Crippen LogP contribution in [0.1, 0.15) is 49.9 Å². The number of rotatable bonds is 7. The third-order valence-electron chi connectivity index (χ3n) is 8.82. The van der Waals surface area contributed by atoms with Crippen molar-refractivity contribution in [1.82, 2.24) is 5.32 Å². The maximum absolute atomic E-state index is 6.82. The van der Waals surface area contributed by atoms with Crippen LogP contribution in [0.2, 0.25) is 0 Å². The Balaban J connectivity index is 1.39. The van der Waals surface area contributed by atoms with Gasteiger partial charge >= 0.3 is 0 Å². The standard InChI is InChI=1S/C37H39NO4/c1-35(2)39-24-32(40-35)34-33(41-36(3,4)42-34)31(23-25-15-7-5-8-16-25)38-37(26-17-9-6-10-18-26)29-21-13-11-19-27(29)28-20-12-14-22-30(28)37/h5-22,31-34,38H,23-24H2,1-4H3/t31-,32-,33+,34+/m1/s1. The molecule has 0 saturated carbocycles. The Morgan fingerprint density at radius 3 is 1.83 bits per heavy atom. The highest BCUT2D eigenvalue weighted by Gasteiger charge is 2.54. The third-order valence-corrected chi connectivity index (χ3v) is 8.82. The fraction of sp³-hybridized carbons (Fsp3) is 0.351. The summed E-state index contributed by atoms with van der Waals surface area (Å²) in [5, 5.41) is 4.26. The topological polar surface area (TPSA) is 49.0 Å². The van der Waals surface area contributed by atoms with Crippen molar-refractivity contribution in [2.45, 2.75) is 75.6 Å². The van der Waals surface area contributed by atoms with Gasteiger partial charge in [0.1, 0.15) is 18.3 Å². The van der Waals surface area contributed by atoms with Crippen LogP contribution in [0.4, 0.5) is 0 Å². The zero-order valence-electron chi connectivity index (χ0n) is 24.7. The Kier molecular flexibility index (Phi) is 6.84. The van der Waals surface area contributed by atoms with Gasteiger partial charge in [0.05, 0.1) is 12.1 Å². The van der Waals surface area contributed by atoms with Crippen molar-refractivity contribution in [1.29, 1.82) is 0 Å². The molecule has 4 atom stereocenters. The van der Waals surface area contributed by atoms with Crippen molar-refractivity contribution in [2.75, 3.05) is 6.61 Å². The molecule has 0 aromatic heterocycles. The first-order valence-electron chi connectivity index (χ1n) is 15.0. The Labute approximate surface area is 248 Å². The second kappa shape index (κ2) is 10.4. The fourth-order valence-corrected chi connectivity index (χ4v) is 7.16. The molecule has 0 bridgehead atoms. The second-order valence-electron chi connectivity index (χ2n) is 12.6. The third kappa shape index (κ3) is 4.80. The average molecular weight is 562 g/mol. The summed E-state index contributed by atoms with van der Waals surface area (Å²) in [6.07, 6.45) is -0.120. The molecule has 3 aliphatic rings. The van der Waals surface area contributed by atoms with E-state index in [0.717, 1.165) is 6.42 Å². The van der Waals surface area contributed by atoms with E-state index >= 15 is 0 Å². The van der Waals surface area contributed by atoms with Crippen LogP contribution in [0.25, 0.3) is 11.1 Å². The lowest BCUT2D eigenvalue weighted by atomic mass is 9.79. The van der Waals surface area contributed by atoms with Crippen molar-refractivity contribution in [2.24, 2.45) is 0 Å². The number of ether oxygens (including phenoxy) is 4. The molecule has 4 aromatic carbocycles. The lowest BCUT2D eigenvalue weighted by Gasteiger charge is -2.41. The quantitative estimate of drug-likeness (QED) is 0.268. The number of benzene rings is 4. The molecule has 1 aliphatic carbocycles. The van der Waals surface area contributed by atoms with Crippen LogP contribution < -0.4 is 5.32 Å². The Hall–Kier alpha value is -3.32. The van der Waals surface area contributed by atoms with Gasteiger partial charge in [-0.05, 0) is 67.5 Å². The first-order chi connectivity index (χ1) is 20.3. The van der Waals surface area contributed by atoms with E-state index in [9.17, 15) is 0 Å². The zero-order valence-corrected chi connectivity index (χ0v) is 24.7. The van der Waals surface area contributed by atoms with Gasteiger partial charge in [-0.1, -0.05) is 109 Å². The lowest BCUT2D eigenvalue weighted by molar-refractivity contribution is -0.175. The second-order valence-corrected chi connectivity index (χ2v) is 12.6. The Morgan fingerprint density at radius 2 is 1.24 bits per heavy atom. The molecule has 42 heavy (non-hydrogen) atoms. The molecule has 7 rings (SSSR count). The van der Waals surface area contributed by atoms with E-state index in [0.29, 0.717) is 6.61 Å². The van der Waals surface area contributed by atoms with E-state index in [1.165, 1.54) is 33.4 Å². The summed E-state index contributed by atoms with van der Waals surface area (Å²) < 4.78 is 25.9. The number of hydrogen-bond donors (Lipinski definition) is 1. The first kappa shape index (κ1) is 27.5. The maximum atomic E-state index is 6.82. The monoisotopic (exact) mass is 561 g/mol. The van der Waals surface area contributed by atoms with Crippen molar-refractivity contribution in [3.63, 3.8) is 0 Å². The number of hydrogen-bond acceptors (Lipinski definition) is 5. The van der Waals surface area contributed by atoms with Crippen molar-refractivity contribution in [3.8, 4) is 11.1 Å². The number of fused-ring (bicyclic) bond motifs is 3. The SMILES string of the molecule is CC1(C)O[C@@H]([C@@H](Cc2ccccc2)NC2(c3ccccc3)c3ccccc3-c3ccccc32)[C@H]([C@H]2COC(C)(C)O2)O1. The van der Waals surface area contributed by atoms with Crippen LogP contribution >= 0.6 is 0 Å². The van der Waals surface area contributed by atoms with Gasteiger partial charge in [-0.3, -0.25) is 5.32 Å². The smallest absolute Gasteiger partial charge is 0.163 e. The van der Waals surface area contributed by atoms with E-state index in [4.69, 9.17) is 18.9 Å². The largest absolute Gasteiger partial charge is 0.348 e. The van der Waals surface area contributed by atoms with Gasteiger partial charge in [-0.2, -0.15) is 0 Å². The summed E-state index contributed by atoms with van der Waals surface area (Å²) in [5.74, 6) is -1.43. The van der Waals surface area contributed by atoms with Gasteiger partial charge in [0.2, 0.25) is 0 Å². The van der Waals surface area contributed by atoms with Crippen LogP contribution in [-0.2, 0) is 30.9 Å². The van der Waals surface area contributed by atoms with Gasteiger partial charge in [-0.15, -0.1) is 0 Å². The Morgan fingerprint density at radius 1 is 0.667 bits per heavy atom. The molecule has 0 unspecified atom stereocenters. The van der Waals surface area contributed by atoms with E-state index < -0.39 is 17.1 Å². The molecule has 1 N–H and O–H groups in total. The molecule has 2 saturated heterocycles. The van der Waals surface area contributed by atoms with E-state index in [1.54, 1.807) is 0 Å². The van der Waals surface area contributed by atoms with Crippen LogP contribution in [0, 0.1) is 0 Å². The molecule has 4 aromatic rings. The molecule has 0 amide bonds. The van der Waals surface area contributed by atoms with Crippen LogP contribution in [0.15, 0.2) is 109 Å². The molecule has 2 heterocycles. The highest BCUT2D eigenvalue weighted by Crippen LogP contribution is 2.51. The molecule has 5 nitrogen and oxygen atoms in total. The molecule has 2 aliphatic heterocycles. The van der Waals surface area contributed by atoms with E-state index in [1.807, 2.05) is 27.7 Å². The molecule has 0 radical (unpaired) electrons. The molecule has 216 valence electrons. The highest BCUT2D eigenvalue weighted by molar-refractivity contribution is 5.83. The lowest BCUT2D eigenvalue weighted by Crippen LogP contribution is -2.57. The summed E-state index contributed by atoms with van der Waals surface area (Å²) in [6, 6.07) is 38.8. The van der Waals surface area contributed by atoms with Crippen LogP contribution in [0.3, 0.4) is 0 Å². The van der Waals surface area contributed by atoms with Gasteiger partial charge in [0.25, 0.3) is 0 Å².